The summed E-state index contributed by atoms with van der Waals surface area (Å²) in [4.78, 5) is 34.0. The molecule has 0 bridgehead atoms. The molecule has 6 heteroatoms. The number of carbonyl (C=O) groups excluding carboxylic acids is 1. The number of hydrogen-bond acceptors (Lipinski definition) is 4. The molecule has 0 aliphatic rings. The van der Waals surface area contributed by atoms with Crippen LogP contribution in [0.15, 0.2) is 59.8 Å². The highest BCUT2D eigenvalue weighted by Crippen LogP contribution is 2.16. The second kappa shape index (κ2) is 7.95. The third-order valence-electron chi connectivity index (χ3n) is 4.52. The molecule has 1 unspecified atom stereocenters. The maximum absolute atomic E-state index is 13.0. The zero-order chi connectivity index (χ0) is 19.4. The smallest absolute Gasteiger partial charge is 0.264 e. The molecule has 1 aromatic carbocycles. The first kappa shape index (κ1) is 18.5. The summed E-state index contributed by atoms with van der Waals surface area (Å²) >= 11 is 0. The van der Waals surface area contributed by atoms with Crippen molar-refractivity contribution in [2.75, 3.05) is 0 Å². The van der Waals surface area contributed by atoms with Crippen molar-refractivity contribution in [1.82, 2.24) is 19.9 Å². The predicted octanol–water partition coefficient (Wildman–Crippen LogP) is 2.79. The van der Waals surface area contributed by atoms with Crippen molar-refractivity contribution in [2.24, 2.45) is 0 Å². The quantitative estimate of drug-likeness (QED) is 0.757. The van der Waals surface area contributed by atoms with E-state index >= 15 is 0 Å². The molecule has 0 saturated carbocycles. The molecule has 0 aliphatic heterocycles. The van der Waals surface area contributed by atoms with Gasteiger partial charge in [0.05, 0.1) is 30.2 Å². The summed E-state index contributed by atoms with van der Waals surface area (Å²) in [5.74, 6) is -0.408. The van der Waals surface area contributed by atoms with E-state index in [2.05, 4.69) is 15.3 Å². The Hall–Kier alpha value is -3.28. The van der Waals surface area contributed by atoms with Gasteiger partial charge in [0.1, 0.15) is 5.56 Å². The van der Waals surface area contributed by atoms with Gasteiger partial charge in [-0.3, -0.25) is 19.6 Å². The molecule has 2 heterocycles. The molecule has 0 aliphatic carbocycles. The summed E-state index contributed by atoms with van der Waals surface area (Å²) in [6, 6.07) is 11.3. The van der Waals surface area contributed by atoms with E-state index in [9.17, 15) is 9.59 Å². The van der Waals surface area contributed by atoms with Crippen LogP contribution in [-0.4, -0.2) is 20.4 Å². The van der Waals surface area contributed by atoms with Crippen LogP contribution in [0.2, 0.25) is 0 Å². The maximum Gasteiger partial charge on any atom is 0.264 e. The molecule has 2 aromatic heterocycles. The van der Waals surface area contributed by atoms with E-state index in [1.54, 1.807) is 36.1 Å². The van der Waals surface area contributed by atoms with Crippen molar-refractivity contribution in [1.29, 1.82) is 0 Å². The molecule has 0 saturated heterocycles. The Bertz CT molecular complexity index is 995. The molecule has 0 fully saturated rings. The van der Waals surface area contributed by atoms with E-state index in [1.165, 1.54) is 0 Å². The number of amides is 1. The van der Waals surface area contributed by atoms with Crippen LogP contribution in [0.1, 0.15) is 45.8 Å². The van der Waals surface area contributed by atoms with Gasteiger partial charge >= 0.3 is 0 Å². The topological polar surface area (TPSA) is 76.9 Å². The van der Waals surface area contributed by atoms with Gasteiger partial charge < -0.3 is 9.88 Å². The van der Waals surface area contributed by atoms with Crippen LogP contribution in [0.25, 0.3) is 0 Å². The van der Waals surface area contributed by atoms with Gasteiger partial charge in [-0.25, -0.2) is 0 Å². The van der Waals surface area contributed by atoms with Gasteiger partial charge in [-0.1, -0.05) is 30.3 Å². The Morgan fingerprint density at radius 3 is 2.52 bits per heavy atom. The van der Waals surface area contributed by atoms with Crippen LogP contribution in [0.4, 0.5) is 0 Å². The monoisotopic (exact) mass is 362 g/mol. The molecule has 27 heavy (non-hydrogen) atoms. The van der Waals surface area contributed by atoms with Gasteiger partial charge in [0.15, 0.2) is 0 Å². The predicted molar refractivity (Wildman–Crippen MR) is 104 cm³/mol. The first-order valence-electron chi connectivity index (χ1n) is 8.80. The minimum absolute atomic E-state index is 0.153. The normalized spacial score (nSPS) is 11.8. The Kier molecular flexibility index (Phi) is 5.45. The lowest BCUT2D eigenvalue weighted by Gasteiger charge is -2.17. The van der Waals surface area contributed by atoms with E-state index in [4.69, 9.17) is 0 Å². The zero-order valence-corrected chi connectivity index (χ0v) is 15.6. The van der Waals surface area contributed by atoms with Crippen molar-refractivity contribution < 1.29 is 4.79 Å². The Labute approximate surface area is 157 Å². The molecule has 1 atom stereocenters. The van der Waals surface area contributed by atoms with Gasteiger partial charge in [0.2, 0.25) is 0 Å². The zero-order valence-electron chi connectivity index (χ0n) is 15.6. The number of aryl methyl sites for hydroxylation is 2. The number of nitrogens with zero attached hydrogens (tertiary/aromatic N) is 3. The molecule has 3 rings (SSSR count). The van der Waals surface area contributed by atoms with Crippen LogP contribution in [-0.2, 0) is 6.54 Å². The number of hydrogen-bond donors (Lipinski definition) is 1. The fraction of sp³-hybridized carbons (Fsp3) is 0.238. The average molecular weight is 362 g/mol. The molecule has 1 amide bonds. The number of rotatable bonds is 5. The summed E-state index contributed by atoms with van der Waals surface area (Å²) in [6.07, 6.45) is 4.99. The summed E-state index contributed by atoms with van der Waals surface area (Å²) in [5.41, 5.74) is 2.94. The number of nitrogens with one attached hydrogen (secondary N) is 1. The minimum atomic E-state index is -0.408. The standard InChI is InChI=1S/C21H22N4O2/c1-14-9-10-25(16(3)17-7-5-4-6-8-17)21(27)19(14)20(26)24-13-18-12-22-15(2)11-23-18/h4-12,16H,13H2,1-3H3,(H,24,26). The molecule has 3 aromatic rings. The van der Waals surface area contributed by atoms with Crippen LogP contribution in [0.3, 0.4) is 0 Å². The lowest BCUT2D eigenvalue weighted by atomic mass is 10.1. The molecular formula is C21H22N4O2. The van der Waals surface area contributed by atoms with Crippen LogP contribution in [0, 0.1) is 13.8 Å². The molecular weight excluding hydrogens is 340 g/mol. The fourth-order valence-electron chi connectivity index (χ4n) is 2.88. The second-order valence-corrected chi connectivity index (χ2v) is 6.50. The SMILES string of the molecule is Cc1cnc(CNC(=O)c2c(C)ccn(C(C)c3ccccc3)c2=O)cn1. The van der Waals surface area contributed by atoms with E-state index < -0.39 is 5.91 Å². The summed E-state index contributed by atoms with van der Waals surface area (Å²) in [6.45, 7) is 5.77. The van der Waals surface area contributed by atoms with E-state index in [0.29, 0.717) is 11.3 Å². The van der Waals surface area contributed by atoms with Crippen LogP contribution >= 0.6 is 0 Å². The largest absolute Gasteiger partial charge is 0.346 e. The molecule has 0 spiro atoms. The lowest BCUT2D eigenvalue weighted by molar-refractivity contribution is 0.0947. The highest BCUT2D eigenvalue weighted by Gasteiger charge is 2.18. The number of carbonyl (C=O) groups is 1. The lowest BCUT2D eigenvalue weighted by Crippen LogP contribution is -2.35. The highest BCUT2D eigenvalue weighted by atomic mass is 16.2. The van der Waals surface area contributed by atoms with E-state index in [1.807, 2.05) is 44.2 Å². The molecule has 1 N–H and O–H groups in total. The van der Waals surface area contributed by atoms with Gasteiger partial charge in [-0.15, -0.1) is 0 Å². The second-order valence-electron chi connectivity index (χ2n) is 6.50. The molecule has 6 nitrogen and oxygen atoms in total. The van der Waals surface area contributed by atoms with E-state index in [0.717, 1.165) is 11.3 Å². The first-order chi connectivity index (χ1) is 13.0. The van der Waals surface area contributed by atoms with Gasteiger partial charge in [0.25, 0.3) is 11.5 Å². The highest BCUT2D eigenvalue weighted by molar-refractivity contribution is 5.95. The number of pyridine rings is 1. The number of aromatic nitrogens is 3. The average Bonchev–Trinajstić information content (AvgIpc) is 2.68. The maximum atomic E-state index is 13.0. The van der Waals surface area contributed by atoms with Crippen molar-refractivity contribution >= 4 is 5.91 Å². The van der Waals surface area contributed by atoms with E-state index in [-0.39, 0.29) is 23.7 Å². The minimum Gasteiger partial charge on any atom is -0.346 e. The van der Waals surface area contributed by atoms with Crippen molar-refractivity contribution in [3.63, 3.8) is 0 Å². The third-order valence-corrected chi connectivity index (χ3v) is 4.52. The number of benzene rings is 1. The Balaban J connectivity index is 1.85. The van der Waals surface area contributed by atoms with Crippen LogP contribution < -0.4 is 10.9 Å². The van der Waals surface area contributed by atoms with Gasteiger partial charge in [-0.2, -0.15) is 0 Å². The molecule has 138 valence electrons. The first-order valence-corrected chi connectivity index (χ1v) is 8.80. The Morgan fingerprint density at radius 1 is 1.11 bits per heavy atom. The third kappa shape index (κ3) is 4.11. The molecule has 0 radical (unpaired) electrons. The Morgan fingerprint density at radius 2 is 1.85 bits per heavy atom. The summed E-state index contributed by atoms with van der Waals surface area (Å²) in [7, 11) is 0. The summed E-state index contributed by atoms with van der Waals surface area (Å²) < 4.78 is 1.59. The summed E-state index contributed by atoms with van der Waals surface area (Å²) in [5, 5.41) is 2.77. The fourth-order valence-corrected chi connectivity index (χ4v) is 2.88. The van der Waals surface area contributed by atoms with Crippen molar-refractivity contribution in [3.05, 3.63) is 93.4 Å². The van der Waals surface area contributed by atoms with Crippen LogP contribution in [0.5, 0.6) is 0 Å². The van der Waals surface area contributed by atoms with Crippen molar-refractivity contribution in [2.45, 2.75) is 33.4 Å². The van der Waals surface area contributed by atoms with Gasteiger partial charge in [-0.05, 0) is 38.0 Å². The van der Waals surface area contributed by atoms with Crippen molar-refractivity contribution in [3.8, 4) is 0 Å². The van der Waals surface area contributed by atoms with Gasteiger partial charge in [0, 0.05) is 12.4 Å².